The van der Waals surface area contributed by atoms with E-state index in [1.807, 2.05) is 68.7 Å². The lowest BCUT2D eigenvalue weighted by atomic mass is 10.5. The quantitative estimate of drug-likeness (QED) is 0.633. The van der Waals surface area contributed by atoms with Crippen molar-refractivity contribution in [2.75, 3.05) is 13.3 Å². The SMILES string of the molecule is CC(C)P(C)(=O)C(C)C.CC(C)P(C)(=O)C(C)C. The van der Waals surface area contributed by atoms with E-state index in [1.165, 1.54) is 0 Å². The minimum atomic E-state index is -1.84. The average Bonchev–Trinajstić information content (AvgIpc) is 2.17. The molecule has 4 heteroatoms. The fourth-order valence-corrected chi connectivity index (χ4v) is 3.58. The van der Waals surface area contributed by atoms with Crippen molar-refractivity contribution in [3.63, 3.8) is 0 Å². The van der Waals surface area contributed by atoms with Crippen LogP contribution in [-0.4, -0.2) is 36.0 Å². The summed E-state index contributed by atoms with van der Waals surface area (Å²) in [7, 11) is -3.67. The molecule has 0 aliphatic rings. The molecule has 0 aliphatic heterocycles. The Hall–Kier alpha value is 0.460. The molecule has 0 saturated carbocycles. The third-order valence-electron chi connectivity index (χ3n) is 4.10. The molecule has 0 radical (unpaired) electrons. The van der Waals surface area contributed by atoms with E-state index in [4.69, 9.17) is 0 Å². The molecule has 0 aromatic heterocycles. The van der Waals surface area contributed by atoms with Crippen molar-refractivity contribution in [2.24, 2.45) is 0 Å². The van der Waals surface area contributed by atoms with Crippen molar-refractivity contribution in [1.82, 2.24) is 0 Å². The summed E-state index contributed by atoms with van der Waals surface area (Å²) in [5.41, 5.74) is 1.38. The van der Waals surface area contributed by atoms with Crippen LogP contribution in [0, 0.1) is 0 Å². The Bertz CT molecular complexity index is 262. The molecule has 0 fully saturated rings. The van der Waals surface area contributed by atoms with E-state index >= 15 is 0 Å². The average molecular weight is 296 g/mol. The molecular formula is C14H34O2P2. The molecule has 0 amide bonds. The summed E-state index contributed by atoms with van der Waals surface area (Å²) in [4.78, 5) is 0. The third-order valence-corrected chi connectivity index (χ3v) is 12.3. The van der Waals surface area contributed by atoms with Crippen molar-refractivity contribution in [1.29, 1.82) is 0 Å². The van der Waals surface area contributed by atoms with Gasteiger partial charge in [-0.25, -0.2) is 0 Å². The summed E-state index contributed by atoms with van der Waals surface area (Å²) in [6, 6.07) is 0. The van der Waals surface area contributed by atoms with E-state index in [1.54, 1.807) is 0 Å². The first-order valence-electron chi connectivity index (χ1n) is 6.91. The maximum atomic E-state index is 11.6. The van der Waals surface area contributed by atoms with E-state index in [0.29, 0.717) is 22.6 Å². The van der Waals surface area contributed by atoms with Gasteiger partial charge in [0.2, 0.25) is 0 Å². The van der Waals surface area contributed by atoms with E-state index in [9.17, 15) is 9.13 Å². The summed E-state index contributed by atoms with van der Waals surface area (Å²) in [6.45, 7) is 20.0. The number of hydrogen-bond acceptors (Lipinski definition) is 2. The fourth-order valence-electron chi connectivity index (χ4n) is 1.19. The van der Waals surface area contributed by atoms with Crippen molar-refractivity contribution >= 4 is 14.3 Å². The van der Waals surface area contributed by atoms with Gasteiger partial charge in [-0.2, -0.15) is 0 Å². The molecular weight excluding hydrogens is 262 g/mol. The second-order valence-electron chi connectivity index (χ2n) is 6.49. The smallest absolute Gasteiger partial charge is 0.0895 e. The highest BCUT2D eigenvalue weighted by molar-refractivity contribution is 7.64. The fraction of sp³-hybridized carbons (Fsp3) is 1.00. The summed E-state index contributed by atoms with van der Waals surface area (Å²) < 4.78 is 23.2. The Morgan fingerprint density at radius 2 is 0.611 bits per heavy atom. The molecule has 0 N–H and O–H groups in total. The predicted molar refractivity (Wildman–Crippen MR) is 87.6 cm³/mol. The lowest BCUT2D eigenvalue weighted by Crippen LogP contribution is -2.06. The first-order valence-corrected chi connectivity index (χ1v) is 11.5. The standard InChI is InChI=1S/2C7H17OP/c2*1-6(2)9(5,8)7(3)4/h2*6-7H,1-5H3. The van der Waals surface area contributed by atoms with E-state index < -0.39 is 14.3 Å². The maximum Gasteiger partial charge on any atom is 0.0895 e. The number of hydrogen-bond donors (Lipinski definition) is 0. The third kappa shape index (κ3) is 6.58. The monoisotopic (exact) mass is 296 g/mol. The van der Waals surface area contributed by atoms with Gasteiger partial charge in [-0.15, -0.1) is 0 Å². The highest BCUT2D eigenvalue weighted by atomic mass is 31.2. The van der Waals surface area contributed by atoms with Gasteiger partial charge in [0.1, 0.15) is 0 Å². The summed E-state index contributed by atoms with van der Waals surface area (Å²) in [5, 5.41) is 0. The Balaban J connectivity index is 0. The highest BCUT2D eigenvalue weighted by Crippen LogP contribution is 2.51. The zero-order valence-corrected chi connectivity index (χ0v) is 15.8. The molecule has 112 valence electrons. The maximum absolute atomic E-state index is 11.6. The number of rotatable bonds is 4. The van der Waals surface area contributed by atoms with Gasteiger partial charge < -0.3 is 9.13 Å². The van der Waals surface area contributed by atoms with E-state index in [2.05, 4.69) is 0 Å². The van der Waals surface area contributed by atoms with Crippen molar-refractivity contribution in [2.45, 2.75) is 78.0 Å². The van der Waals surface area contributed by atoms with Crippen LogP contribution >= 0.6 is 14.3 Å². The van der Waals surface area contributed by atoms with Gasteiger partial charge in [0.05, 0.1) is 14.3 Å². The summed E-state index contributed by atoms with van der Waals surface area (Å²) >= 11 is 0. The lowest BCUT2D eigenvalue weighted by Gasteiger charge is -2.20. The van der Waals surface area contributed by atoms with Crippen molar-refractivity contribution in [3.8, 4) is 0 Å². The highest BCUT2D eigenvalue weighted by Gasteiger charge is 2.24. The van der Waals surface area contributed by atoms with Gasteiger partial charge in [0.15, 0.2) is 0 Å². The summed E-state index contributed by atoms with van der Waals surface area (Å²) in [6.07, 6.45) is 0. The van der Waals surface area contributed by atoms with Crippen LogP contribution in [-0.2, 0) is 9.13 Å². The molecule has 0 spiro atoms. The molecule has 0 heterocycles. The molecule has 2 nitrogen and oxygen atoms in total. The van der Waals surface area contributed by atoms with Crippen molar-refractivity contribution in [3.05, 3.63) is 0 Å². The molecule has 0 bridgehead atoms. The molecule has 0 atom stereocenters. The molecule has 0 rings (SSSR count). The zero-order chi connectivity index (χ0) is 15.3. The van der Waals surface area contributed by atoms with Crippen LogP contribution in [0.5, 0.6) is 0 Å². The Morgan fingerprint density at radius 1 is 0.500 bits per heavy atom. The Labute approximate surface area is 115 Å². The van der Waals surface area contributed by atoms with Crippen LogP contribution < -0.4 is 0 Å². The second kappa shape index (κ2) is 7.91. The minimum Gasteiger partial charge on any atom is -0.323 e. The molecule has 0 unspecified atom stereocenters. The molecule has 0 aromatic rings. The first-order chi connectivity index (χ1) is 7.77. The van der Waals surface area contributed by atoms with Crippen LogP contribution in [0.3, 0.4) is 0 Å². The summed E-state index contributed by atoms with van der Waals surface area (Å²) in [5.74, 6) is 0. The normalized spacial score (nSPS) is 13.2. The molecule has 18 heavy (non-hydrogen) atoms. The van der Waals surface area contributed by atoms with Crippen molar-refractivity contribution < 1.29 is 9.13 Å². The van der Waals surface area contributed by atoms with E-state index in [-0.39, 0.29) is 0 Å². The van der Waals surface area contributed by atoms with Crippen LogP contribution in [0.25, 0.3) is 0 Å². The van der Waals surface area contributed by atoms with Crippen LogP contribution in [0.15, 0.2) is 0 Å². The van der Waals surface area contributed by atoms with Gasteiger partial charge in [0, 0.05) is 22.6 Å². The van der Waals surface area contributed by atoms with Gasteiger partial charge >= 0.3 is 0 Å². The van der Waals surface area contributed by atoms with E-state index in [0.717, 1.165) is 0 Å². The molecule has 0 saturated heterocycles. The molecule has 0 aliphatic carbocycles. The molecule has 0 aromatic carbocycles. The Kier molecular flexibility index (Phi) is 9.12. The van der Waals surface area contributed by atoms with Gasteiger partial charge in [0.25, 0.3) is 0 Å². The largest absolute Gasteiger partial charge is 0.323 e. The van der Waals surface area contributed by atoms with Gasteiger partial charge in [-0.3, -0.25) is 0 Å². The van der Waals surface area contributed by atoms with Crippen LogP contribution in [0.4, 0.5) is 0 Å². The minimum absolute atomic E-state index is 0.345. The lowest BCUT2D eigenvalue weighted by molar-refractivity contribution is 0.565. The Morgan fingerprint density at radius 3 is 0.611 bits per heavy atom. The van der Waals surface area contributed by atoms with Gasteiger partial charge in [-0.1, -0.05) is 55.4 Å². The van der Waals surface area contributed by atoms with Crippen LogP contribution in [0.1, 0.15) is 55.4 Å². The van der Waals surface area contributed by atoms with Crippen LogP contribution in [0.2, 0.25) is 0 Å². The van der Waals surface area contributed by atoms with Gasteiger partial charge in [-0.05, 0) is 13.3 Å². The topological polar surface area (TPSA) is 34.1 Å². The first kappa shape index (κ1) is 20.8. The predicted octanol–water partition coefficient (Wildman–Crippen LogP) is 5.59. The zero-order valence-electron chi connectivity index (χ0n) is 14.0. The second-order valence-corrected chi connectivity index (χ2v) is 14.9.